The van der Waals surface area contributed by atoms with Gasteiger partial charge >= 0.3 is 0 Å². The maximum atomic E-state index is 12.4. The fourth-order valence-electron chi connectivity index (χ4n) is 2.36. The molecular weight excluding hydrogens is 380 g/mol. The zero-order valence-electron chi connectivity index (χ0n) is 15.3. The van der Waals surface area contributed by atoms with Crippen molar-refractivity contribution in [1.29, 1.82) is 0 Å². The number of aromatic nitrogens is 2. The minimum absolute atomic E-state index is 0.114. The Morgan fingerprint density at radius 1 is 1.00 bits per heavy atom. The van der Waals surface area contributed by atoms with Crippen LogP contribution in [0, 0.1) is 6.92 Å². The lowest BCUT2D eigenvalue weighted by Gasteiger charge is -2.14. The van der Waals surface area contributed by atoms with E-state index in [1.54, 1.807) is 31.4 Å². The van der Waals surface area contributed by atoms with Crippen LogP contribution in [0.25, 0.3) is 0 Å². The van der Waals surface area contributed by atoms with Gasteiger partial charge in [-0.3, -0.25) is 5.43 Å². The van der Waals surface area contributed by atoms with E-state index in [-0.39, 0.29) is 16.4 Å². The number of ether oxygens (including phenoxy) is 1. The molecular formula is C18H20N6O3S. The van der Waals surface area contributed by atoms with E-state index in [2.05, 4.69) is 25.5 Å². The molecule has 5 N–H and O–H groups in total. The third-order valence-electron chi connectivity index (χ3n) is 3.88. The van der Waals surface area contributed by atoms with Crippen LogP contribution in [0.5, 0.6) is 5.75 Å². The molecule has 1 heterocycles. The molecule has 0 saturated heterocycles. The van der Waals surface area contributed by atoms with Crippen molar-refractivity contribution in [2.45, 2.75) is 11.8 Å². The third-order valence-corrected chi connectivity index (χ3v) is 5.14. The van der Waals surface area contributed by atoms with Crippen molar-refractivity contribution in [2.75, 3.05) is 23.6 Å². The Morgan fingerprint density at radius 2 is 1.68 bits per heavy atom. The number of sulfonamides is 1. The van der Waals surface area contributed by atoms with Gasteiger partial charge < -0.3 is 15.8 Å². The molecule has 0 atom stereocenters. The molecule has 0 amide bonds. The highest BCUT2D eigenvalue weighted by molar-refractivity contribution is 7.89. The van der Waals surface area contributed by atoms with Gasteiger partial charge in [0.05, 0.1) is 17.7 Å². The number of hydrogen-bond acceptors (Lipinski definition) is 8. The summed E-state index contributed by atoms with van der Waals surface area (Å²) in [5, 5.41) is 3.05. The Kier molecular flexibility index (Phi) is 5.62. The number of nitrogens with zero attached hydrogens (tertiary/aromatic N) is 2. The van der Waals surface area contributed by atoms with Gasteiger partial charge in [-0.1, -0.05) is 29.8 Å². The molecule has 9 nitrogen and oxygen atoms in total. The van der Waals surface area contributed by atoms with E-state index in [1.165, 1.54) is 18.5 Å². The molecule has 0 radical (unpaired) electrons. The van der Waals surface area contributed by atoms with Crippen molar-refractivity contribution in [2.24, 2.45) is 0 Å². The summed E-state index contributed by atoms with van der Waals surface area (Å²) in [6.07, 6.45) is 1.26. The SMILES string of the molecule is COc1ccccc1Nc1ncnc(NNS(=O)(=O)c2ccc(C)cc2)c1N. The molecule has 0 saturated carbocycles. The number of hydrogen-bond donors (Lipinski definition) is 4. The number of methoxy groups -OCH3 is 1. The highest BCUT2D eigenvalue weighted by atomic mass is 32.2. The van der Waals surface area contributed by atoms with Gasteiger partial charge in [-0.25, -0.2) is 18.4 Å². The van der Waals surface area contributed by atoms with Gasteiger partial charge in [0.2, 0.25) is 0 Å². The Morgan fingerprint density at radius 3 is 2.39 bits per heavy atom. The lowest BCUT2D eigenvalue weighted by Crippen LogP contribution is -2.30. The fourth-order valence-corrected chi connectivity index (χ4v) is 3.21. The van der Waals surface area contributed by atoms with E-state index in [1.807, 2.05) is 19.1 Å². The van der Waals surface area contributed by atoms with Crippen LogP contribution in [0.2, 0.25) is 0 Å². The van der Waals surface area contributed by atoms with Crippen LogP contribution >= 0.6 is 0 Å². The second-order valence-corrected chi connectivity index (χ2v) is 7.54. The van der Waals surface area contributed by atoms with Gasteiger partial charge in [0.1, 0.15) is 17.8 Å². The normalized spacial score (nSPS) is 11.1. The maximum Gasteiger partial charge on any atom is 0.257 e. The van der Waals surface area contributed by atoms with Crippen LogP contribution in [0.3, 0.4) is 0 Å². The summed E-state index contributed by atoms with van der Waals surface area (Å²) >= 11 is 0. The van der Waals surface area contributed by atoms with Crippen molar-refractivity contribution in [3.63, 3.8) is 0 Å². The minimum atomic E-state index is -3.79. The van der Waals surface area contributed by atoms with Crippen LogP contribution in [-0.4, -0.2) is 25.5 Å². The van der Waals surface area contributed by atoms with E-state index < -0.39 is 10.0 Å². The second-order valence-electron chi connectivity index (χ2n) is 5.85. The van der Waals surface area contributed by atoms with E-state index in [0.29, 0.717) is 17.3 Å². The molecule has 1 aromatic heterocycles. The summed E-state index contributed by atoms with van der Waals surface area (Å²) in [5.41, 5.74) is 10.4. The summed E-state index contributed by atoms with van der Waals surface area (Å²) in [7, 11) is -2.24. The number of nitrogens with two attached hydrogens (primary N) is 1. The monoisotopic (exact) mass is 400 g/mol. The van der Waals surface area contributed by atoms with E-state index >= 15 is 0 Å². The molecule has 3 aromatic rings. The van der Waals surface area contributed by atoms with Gasteiger partial charge in [0, 0.05) is 0 Å². The number of nitrogen functional groups attached to an aromatic ring is 1. The molecule has 0 fully saturated rings. The Balaban J connectivity index is 1.78. The number of anilines is 4. The average Bonchev–Trinajstić information content (AvgIpc) is 2.69. The summed E-state index contributed by atoms with van der Waals surface area (Å²) in [6, 6.07) is 13.7. The Labute approximate surface area is 163 Å². The average molecular weight is 400 g/mol. The molecule has 0 bridgehead atoms. The molecule has 0 aliphatic rings. The van der Waals surface area contributed by atoms with E-state index in [4.69, 9.17) is 10.5 Å². The molecule has 0 aliphatic carbocycles. The summed E-state index contributed by atoms with van der Waals surface area (Å²) in [4.78, 5) is 10.5. The van der Waals surface area contributed by atoms with Crippen LogP contribution in [0.15, 0.2) is 59.8 Å². The zero-order valence-corrected chi connectivity index (χ0v) is 16.1. The molecule has 0 aliphatic heterocycles. The lowest BCUT2D eigenvalue weighted by molar-refractivity contribution is 0.417. The van der Waals surface area contributed by atoms with Gasteiger partial charge in [0.25, 0.3) is 10.0 Å². The number of hydrazine groups is 1. The third kappa shape index (κ3) is 4.30. The maximum absolute atomic E-state index is 12.4. The highest BCUT2D eigenvalue weighted by Crippen LogP contribution is 2.30. The molecule has 0 spiro atoms. The number of benzene rings is 2. The number of para-hydroxylation sites is 2. The first-order chi connectivity index (χ1) is 13.4. The minimum Gasteiger partial charge on any atom is -0.495 e. The summed E-state index contributed by atoms with van der Waals surface area (Å²) in [5.74, 6) is 1.02. The molecule has 146 valence electrons. The second kappa shape index (κ2) is 8.11. The predicted octanol–water partition coefficient (Wildman–Crippen LogP) is 2.42. The van der Waals surface area contributed by atoms with Crippen LogP contribution in [-0.2, 0) is 10.0 Å². The molecule has 2 aromatic carbocycles. The quantitative estimate of drug-likeness (QED) is 0.445. The van der Waals surface area contributed by atoms with Crippen molar-refractivity contribution in [3.8, 4) is 5.75 Å². The number of rotatable bonds is 7. The highest BCUT2D eigenvalue weighted by Gasteiger charge is 2.16. The predicted molar refractivity (Wildman–Crippen MR) is 108 cm³/mol. The molecule has 28 heavy (non-hydrogen) atoms. The van der Waals surface area contributed by atoms with E-state index in [0.717, 1.165) is 5.56 Å². The first kappa shape index (κ1) is 19.4. The largest absolute Gasteiger partial charge is 0.495 e. The van der Waals surface area contributed by atoms with Crippen LogP contribution < -0.4 is 26.0 Å². The summed E-state index contributed by atoms with van der Waals surface area (Å²) in [6.45, 7) is 1.87. The first-order valence-corrected chi connectivity index (χ1v) is 9.74. The van der Waals surface area contributed by atoms with Crippen LogP contribution in [0.4, 0.5) is 23.0 Å². The lowest BCUT2D eigenvalue weighted by atomic mass is 10.2. The Bertz CT molecular complexity index is 1070. The molecule has 10 heteroatoms. The van der Waals surface area contributed by atoms with Crippen molar-refractivity contribution >= 4 is 33.0 Å². The summed E-state index contributed by atoms with van der Waals surface area (Å²) < 4.78 is 30.1. The number of aryl methyl sites for hydroxylation is 1. The zero-order chi connectivity index (χ0) is 20.1. The van der Waals surface area contributed by atoms with Crippen LogP contribution in [0.1, 0.15) is 5.56 Å². The number of nitrogens with one attached hydrogen (secondary N) is 3. The van der Waals surface area contributed by atoms with Crippen molar-refractivity contribution < 1.29 is 13.2 Å². The van der Waals surface area contributed by atoms with Gasteiger partial charge in [-0.15, -0.1) is 4.83 Å². The Hall–Kier alpha value is -3.37. The van der Waals surface area contributed by atoms with Gasteiger partial charge in [-0.05, 0) is 31.2 Å². The standard InChI is InChI=1S/C18H20N6O3S/c1-12-7-9-13(10-8-12)28(25,26)24-23-18-16(19)17(20-11-21-18)22-14-5-3-4-6-15(14)27-2/h3-11,24H,19H2,1-2H3,(H2,20,21,22,23). The van der Waals surface area contributed by atoms with Gasteiger partial charge in [-0.2, -0.15) is 0 Å². The van der Waals surface area contributed by atoms with Crippen molar-refractivity contribution in [3.05, 3.63) is 60.4 Å². The van der Waals surface area contributed by atoms with Crippen molar-refractivity contribution in [1.82, 2.24) is 14.8 Å². The smallest absolute Gasteiger partial charge is 0.257 e. The van der Waals surface area contributed by atoms with Gasteiger partial charge in [0.15, 0.2) is 11.6 Å². The first-order valence-electron chi connectivity index (χ1n) is 8.25. The topological polar surface area (TPSA) is 131 Å². The molecule has 3 rings (SSSR count). The fraction of sp³-hybridized carbons (Fsp3) is 0.111. The van der Waals surface area contributed by atoms with E-state index in [9.17, 15) is 8.42 Å². The molecule has 0 unspecified atom stereocenters.